The number of aryl methyl sites for hydroxylation is 2. The van der Waals surface area contributed by atoms with E-state index in [9.17, 15) is 18.4 Å². The van der Waals surface area contributed by atoms with Gasteiger partial charge in [-0.1, -0.05) is 17.3 Å². The van der Waals surface area contributed by atoms with Crippen LogP contribution >= 0.6 is 0 Å². The number of alkyl halides is 1. The zero-order valence-electron chi connectivity index (χ0n) is 17.7. The monoisotopic (exact) mass is 444 g/mol. The number of carbonyl (C=O) groups is 2. The molecule has 0 saturated heterocycles. The predicted molar refractivity (Wildman–Crippen MR) is 113 cm³/mol. The minimum Gasteiger partial charge on any atom is -0.441 e. The van der Waals surface area contributed by atoms with E-state index in [-0.39, 0.29) is 23.8 Å². The zero-order valence-corrected chi connectivity index (χ0v) is 17.7. The number of anilines is 2. The molecule has 0 aliphatic heterocycles. The Morgan fingerprint density at radius 1 is 1.22 bits per heavy atom. The molecule has 0 bridgehead atoms. The molecule has 0 aliphatic carbocycles. The SMILES string of the molecule is CC(=O)Nc1ccc(-c2nnn(C)c2NC(=O)O[C@H](CCF)c2cccc(F)c2)nc1C. The van der Waals surface area contributed by atoms with Gasteiger partial charge in [0.1, 0.15) is 11.9 Å². The number of ether oxygens (including phenoxy) is 1. The van der Waals surface area contributed by atoms with Crippen LogP contribution in [0, 0.1) is 12.7 Å². The van der Waals surface area contributed by atoms with E-state index in [4.69, 9.17) is 4.74 Å². The summed E-state index contributed by atoms with van der Waals surface area (Å²) in [5.74, 6) is -0.543. The molecule has 0 fully saturated rings. The Kier molecular flexibility index (Phi) is 7.08. The third-order valence-corrected chi connectivity index (χ3v) is 4.53. The number of halogens is 2. The molecular weight excluding hydrogens is 422 g/mol. The Balaban J connectivity index is 1.81. The number of hydrogen-bond donors (Lipinski definition) is 2. The van der Waals surface area contributed by atoms with Crippen molar-refractivity contribution >= 4 is 23.5 Å². The van der Waals surface area contributed by atoms with Gasteiger partial charge in [-0.3, -0.25) is 14.5 Å². The van der Waals surface area contributed by atoms with Gasteiger partial charge in [0.05, 0.1) is 23.7 Å². The minimum atomic E-state index is -0.974. The third-order valence-electron chi connectivity index (χ3n) is 4.53. The van der Waals surface area contributed by atoms with E-state index in [1.54, 1.807) is 32.2 Å². The van der Waals surface area contributed by atoms with Crippen molar-refractivity contribution in [3.05, 3.63) is 53.5 Å². The van der Waals surface area contributed by atoms with Crippen molar-refractivity contribution in [2.45, 2.75) is 26.4 Å². The van der Waals surface area contributed by atoms with Gasteiger partial charge in [0, 0.05) is 20.4 Å². The summed E-state index contributed by atoms with van der Waals surface area (Å²) in [5, 5.41) is 13.2. The van der Waals surface area contributed by atoms with Crippen molar-refractivity contribution in [1.82, 2.24) is 20.0 Å². The van der Waals surface area contributed by atoms with E-state index >= 15 is 0 Å². The smallest absolute Gasteiger partial charge is 0.413 e. The Hall–Kier alpha value is -3.89. The first kappa shape index (κ1) is 22.8. The van der Waals surface area contributed by atoms with Crippen LogP contribution in [0.2, 0.25) is 0 Å². The summed E-state index contributed by atoms with van der Waals surface area (Å²) in [7, 11) is 1.57. The van der Waals surface area contributed by atoms with Gasteiger partial charge >= 0.3 is 6.09 Å². The topological polar surface area (TPSA) is 111 Å². The van der Waals surface area contributed by atoms with Gasteiger partial charge in [-0.15, -0.1) is 5.10 Å². The maximum atomic E-state index is 13.5. The fourth-order valence-electron chi connectivity index (χ4n) is 3.04. The largest absolute Gasteiger partial charge is 0.441 e. The summed E-state index contributed by atoms with van der Waals surface area (Å²) in [6, 6.07) is 8.73. The molecule has 0 unspecified atom stereocenters. The average Bonchev–Trinajstić information content (AvgIpc) is 3.09. The summed E-state index contributed by atoms with van der Waals surface area (Å²) < 4.78 is 33.2. The Bertz CT molecular complexity index is 1130. The highest BCUT2D eigenvalue weighted by Gasteiger charge is 2.22. The molecule has 0 aliphatic rings. The van der Waals surface area contributed by atoms with Crippen molar-refractivity contribution in [3.8, 4) is 11.4 Å². The lowest BCUT2D eigenvalue weighted by atomic mass is 10.1. The van der Waals surface area contributed by atoms with Crippen molar-refractivity contribution in [3.63, 3.8) is 0 Å². The summed E-state index contributed by atoms with van der Waals surface area (Å²) in [4.78, 5) is 28.2. The van der Waals surface area contributed by atoms with E-state index in [1.807, 2.05) is 0 Å². The second-order valence-electron chi connectivity index (χ2n) is 6.97. The molecule has 1 atom stereocenters. The number of benzene rings is 1. The van der Waals surface area contributed by atoms with Crippen LogP contribution in [0.4, 0.5) is 25.1 Å². The average molecular weight is 444 g/mol. The minimum absolute atomic E-state index is 0.126. The number of amides is 2. The molecule has 3 aromatic rings. The van der Waals surface area contributed by atoms with Gasteiger partial charge in [0.25, 0.3) is 0 Å². The molecule has 2 N–H and O–H groups in total. The summed E-state index contributed by atoms with van der Waals surface area (Å²) in [6.07, 6.45) is -1.98. The van der Waals surface area contributed by atoms with Crippen molar-refractivity contribution in [2.75, 3.05) is 17.3 Å². The maximum absolute atomic E-state index is 13.5. The summed E-state index contributed by atoms with van der Waals surface area (Å²) in [6.45, 7) is 2.35. The molecule has 9 nitrogen and oxygen atoms in total. The highest BCUT2D eigenvalue weighted by Crippen LogP contribution is 2.27. The zero-order chi connectivity index (χ0) is 23.3. The van der Waals surface area contributed by atoms with Gasteiger partial charge in [-0.25, -0.2) is 18.9 Å². The second kappa shape index (κ2) is 9.94. The molecule has 32 heavy (non-hydrogen) atoms. The molecule has 0 saturated carbocycles. The lowest BCUT2D eigenvalue weighted by Crippen LogP contribution is -2.20. The van der Waals surface area contributed by atoms with Gasteiger partial charge in [-0.2, -0.15) is 0 Å². The van der Waals surface area contributed by atoms with Crippen LogP contribution in [0.3, 0.4) is 0 Å². The highest BCUT2D eigenvalue weighted by molar-refractivity contribution is 5.90. The van der Waals surface area contributed by atoms with Crippen LogP contribution in [0.15, 0.2) is 36.4 Å². The fraction of sp³-hybridized carbons (Fsp3) is 0.286. The van der Waals surface area contributed by atoms with Crippen molar-refractivity contribution in [1.29, 1.82) is 0 Å². The molecule has 2 amide bonds. The molecule has 1 aromatic carbocycles. The van der Waals surface area contributed by atoms with Gasteiger partial charge in [0.15, 0.2) is 11.5 Å². The molecule has 3 rings (SSSR count). The van der Waals surface area contributed by atoms with Gasteiger partial charge in [-0.05, 0) is 36.8 Å². The number of rotatable bonds is 7. The quantitative estimate of drug-likeness (QED) is 0.571. The summed E-state index contributed by atoms with van der Waals surface area (Å²) >= 11 is 0. The first-order valence-corrected chi connectivity index (χ1v) is 9.72. The lowest BCUT2D eigenvalue weighted by Gasteiger charge is -2.18. The fourth-order valence-corrected chi connectivity index (χ4v) is 3.04. The molecule has 0 spiro atoms. The van der Waals surface area contributed by atoms with Crippen LogP contribution in [0.25, 0.3) is 11.4 Å². The Labute approximate surface area is 182 Å². The van der Waals surface area contributed by atoms with Crippen LogP contribution in [-0.4, -0.2) is 38.7 Å². The predicted octanol–water partition coefficient (Wildman–Crippen LogP) is 3.93. The molecule has 168 valence electrons. The van der Waals surface area contributed by atoms with Crippen LogP contribution in [-0.2, 0) is 16.6 Å². The van der Waals surface area contributed by atoms with Crippen LogP contribution in [0.1, 0.15) is 30.7 Å². The van der Waals surface area contributed by atoms with E-state index in [0.717, 1.165) is 0 Å². The lowest BCUT2D eigenvalue weighted by molar-refractivity contribution is -0.114. The van der Waals surface area contributed by atoms with E-state index < -0.39 is 24.7 Å². The number of carbonyl (C=O) groups excluding carboxylic acids is 2. The molecule has 0 radical (unpaired) electrons. The van der Waals surface area contributed by atoms with E-state index in [1.165, 1.54) is 29.8 Å². The highest BCUT2D eigenvalue weighted by atomic mass is 19.1. The first-order chi connectivity index (χ1) is 15.3. The standard InChI is InChI=1S/C21H22F2N6O3/c1-12-16(25-13(2)30)7-8-17(24-12)19-20(29(3)28-27-19)26-21(31)32-18(9-10-22)14-5-4-6-15(23)11-14/h4-8,11,18H,9-10H2,1-3H3,(H,25,30)(H,26,31)/t18-/m1/s1. The number of nitrogens with zero attached hydrogens (tertiary/aromatic N) is 4. The maximum Gasteiger partial charge on any atom is 0.413 e. The Morgan fingerprint density at radius 3 is 2.66 bits per heavy atom. The molecule has 2 aromatic heterocycles. The van der Waals surface area contributed by atoms with Crippen LogP contribution < -0.4 is 10.6 Å². The van der Waals surface area contributed by atoms with Crippen LogP contribution in [0.5, 0.6) is 0 Å². The van der Waals surface area contributed by atoms with Gasteiger partial charge in [0.2, 0.25) is 5.91 Å². The van der Waals surface area contributed by atoms with E-state index in [0.29, 0.717) is 22.6 Å². The van der Waals surface area contributed by atoms with Crippen molar-refractivity contribution < 1.29 is 23.1 Å². The number of aromatic nitrogens is 4. The van der Waals surface area contributed by atoms with Crippen molar-refractivity contribution in [2.24, 2.45) is 7.05 Å². The third kappa shape index (κ3) is 5.42. The molecular formula is C21H22F2N6O3. The number of hydrogen-bond acceptors (Lipinski definition) is 6. The van der Waals surface area contributed by atoms with E-state index in [2.05, 4.69) is 25.9 Å². The normalized spacial score (nSPS) is 11.7. The van der Waals surface area contributed by atoms with Gasteiger partial charge < -0.3 is 10.1 Å². The second-order valence-corrected chi connectivity index (χ2v) is 6.97. The molecule has 2 heterocycles. The number of nitrogens with one attached hydrogen (secondary N) is 2. The summed E-state index contributed by atoms with van der Waals surface area (Å²) in [5.41, 5.74) is 2.11. The Morgan fingerprint density at radius 2 is 2.00 bits per heavy atom. The number of pyridine rings is 1. The molecule has 11 heteroatoms. The first-order valence-electron chi connectivity index (χ1n) is 9.72.